The molecule has 2 unspecified atom stereocenters. The minimum atomic E-state index is -0.0787. The molecule has 2 N–H and O–H groups in total. The van der Waals surface area contributed by atoms with Crippen LogP contribution in [0.4, 0.5) is 0 Å². The van der Waals surface area contributed by atoms with Gasteiger partial charge in [0.25, 0.3) is 6.02 Å². The molecule has 0 bridgehead atoms. The molecule has 0 aromatic carbocycles. The largest absolute Gasteiger partial charge is 0.431 e. The monoisotopic (exact) mass is 194 g/mol. The summed E-state index contributed by atoms with van der Waals surface area (Å²) in [5.74, 6) is 1.94. The Labute approximate surface area is 85.0 Å². The Morgan fingerprint density at radius 2 is 2.36 bits per heavy atom. The molecule has 1 aliphatic carbocycles. The van der Waals surface area contributed by atoms with Gasteiger partial charge in [-0.2, -0.15) is 0 Å². The van der Waals surface area contributed by atoms with Gasteiger partial charge in [-0.3, -0.25) is 0 Å². The van der Waals surface area contributed by atoms with Crippen molar-refractivity contribution in [2.24, 2.45) is 22.6 Å². The third-order valence-electron chi connectivity index (χ3n) is 3.59. The fourth-order valence-corrected chi connectivity index (χ4v) is 2.36. The highest BCUT2D eigenvalue weighted by molar-refractivity contribution is 5.74. The van der Waals surface area contributed by atoms with Crippen LogP contribution in [0.2, 0.25) is 0 Å². The number of nitrogens with two attached hydrogens (primary N) is 1. The van der Waals surface area contributed by atoms with Crippen molar-refractivity contribution in [2.75, 3.05) is 0 Å². The molecule has 0 saturated carbocycles. The van der Waals surface area contributed by atoms with Gasteiger partial charge < -0.3 is 10.5 Å². The lowest BCUT2D eigenvalue weighted by molar-refractivity contribution is 0.169. The summed E-state index contributed by atoms with van der Waals surface area (Å²) in [6.07, 6.45) is 4.37. The van der Waals surface area contributed by atoms with Gasteiger partial charge in [0.1, 0.15) is 5.76 Å². The number of fused-ring (bicyclic) bond motifs is 1. The van der Waals surface area contributed by atoms with Crippen LogP contribution < -0.4 is 5.73 Å². The Bertz CT molecular complexity index is 306. The number of hydrogen-bond donors (Lipinski definition) is 1. The second-order valence-corrected chi connectivity index (χ2v) is 4.67. The summed E-state index contributed by atoms with van der Waals surface area (Å²) in [7, 11) is 0. The SMILES string of the molecule is CC(C)C1(C)N=C(N)OC2=CCCC21. The van der Waals surface area contributed by atoms with Gasteiger partial charge in [-0.1, -0.05) is 13.8 Å². The first-order chi connectivity index (χ1) is 6.54. The molecule has 1 aliphatic heterocycles. The average Bonchev–Trinajstić information content (AvgIpc) is 2.51. The number of amidine groups is 1. The Kier molecular flexibility index (Phi) is 2.05. The normalized spacial score (nSPS) is 36.1. The van der Waals surface area contributed by atoms with Gasteiger partial charge >= 0.3 is 0 Å². The smallest absolute Gasteiger partial charge is 0.287 e. The van der Waals surface area contributed by atoms with E-state index < -0.39 is 0 Å². The molecule has 0 saturated heterocycles. The summed E-state index contributed by atoms with van der Waals surface area (Å²) in [5.41, 5.74) is 5.61. The van der Waals surface area contributed by atoms with Crippen molar-refractivity contribution in [3.05, 3.63) is 11.8 Å². The van der Waals surface area contributed by atoms with Crippen molar-refractivity contribution in [3.8, 4) is 0 Å². The highest BCUT2D eigenvalue weighted by atomic mass is 16.5. The number of hydrogen-bond acceptors (Lipinski definition) is 3. The van der Waals surface area contributed by atoms with Crippen molar-refractivity contribution in [3.63, 3.8) is 0 Å². The summed E-state index contributed by atoms with van der Waals surface area (Å²) in [5, 5.41) is 0. The maximum atomic E-state index is 5.69. The molecular weight excluding hydrogens is 176 g/mol. The van der Waals surface area contributed by atoms with Gasteiger partial charge in [-0.05, 0) is 31.8 Å². The zero-order valence-electron chi connectivity index (χ0n) is 9.08. The van der Waals surface area contributed by atoms with Gasteiger partial charge in [-0.15, -0.1) is 0 Å². The Balaban J connectivity index is 2.40. The van der Waals surface area contributed by atoms with Crippen LogP contribution in [0.3, 0.4) is 0 Å². The lowest BCUT2D eigenvalue weighted by atomic mass is 9.76. The van der Waals surface area contributed by atoms with Crippen LogP contribution in [0.1, 0.15) is 33.6 Å². The van der Waals surface area contributed by atoms with E-state index in [1.54, 1.807) is 0 Å². The number of ether oxygens (including phenoxy) is 1. The fourth-order valence-electron chi connectivity index (χ4n) is 2.36. The molecule has 0 amide bonds. The first-order valence-electron chi connectivity index (χ1n) is 5.27. The van der Waals surface area contributed by atoms with E-state index in [1.807, 2.05) is 0 Å². The van der Waals surface area contributed by atoms with E-state index in [-0.39, 0.29) is 5.54 Å². The highest BCUT2D eigenvalue weighted by Gasteiger charge is 2.45. The molecule has 0 fully saturated rings. The van der Waals surface area contributed by atoms with E-state index in [2.05, 4.69) is 31.8 Å². The summed E-state index contributed by atoms with van der Waals surface area (Å²) >= 11 is 0. The van der Waals surface area contributed by atoms with Gasteiger partial charge in [0.05, 0.1) is 5.54 Å². The minimum Gasteiger partial charge on any atom is -0.431 e. The topological polar surface area (TPSA) is 47.6 Å². The van der Waals surface area contributed by atoms with Gasteiger partial charge in [0.15, 0.2) is 0 Å². The summed E-state index contributed by atoms with van der Waals surface area (Å²) < 4.78 is 5.44. The molecule has 14 heavy (non-hydrogen) atoms. The minimum absolute atomic E-state index is 0.0787. The number of nitrogens with zero attached hydrogens (tertiary/aromatic N) is 1. The van der Waals surface area contributed by atoms with Crippen LogP contribution in [0.25, 0.3) is 0 Å². The molecular formula is C11H18N2O. The second-order valence-electron chi connectivity index (χ2n) is 4.67. The molecule has 3 nitrogen and oxygen atoms in total. The summed E-state index contributed by atoms with van der Waals surface area (Å²) in [4.78, 5) is 4.49. The molecule has 78 valence electrons. The molecule has 1 heterocycles. The van der Waals surface area contributed by atoms with Crippen molar-refractivity contribution >= 4 is 6.02 Å². The first-order valence-corrected chi connectivity index (χ1v) is 5.27. The van der Waals surface area contributed by atoms with Crippen LogP contribution in [0, 0.1) is 11.8 Å². The van der Waals surface area contributed by atoms with E-state index in [1.165, 1.54) is 0 Å². The Hall–Kier alpha value is -0.990. The van der Waals surface area contributed by atoms with E-state index in [0.29, 0.717) is 17.9 Å². The van der Waals surface area contributed by atoms with E-state index in [0.717, 1.165) is 18.6 Å². The first kappa shape index (κ1) is 9.56. The second kappa shape index (κ2) is 3.01. The lowest BCUT2D eigenvalue weighted by Crippen LogP contribution is -2.44. The van der Waals surface area contributed by atoms with Gasteiger partial charge in [0.2, 0.25) is 0 Å². The average molecular weight is 194 g/mol. The molecule has 2 rings (SSSR count). The summed E-state index contributed by atoms with van der Waals surface area (Å²) in [6, 6.07) is 0.325. The standard InChI is InChI=1S/C11H18N2O/c1-7(2)11(3)8-5-4-6-9(8)14-10(12)13-11/h6-8H,4-5H2,1-3H3,(H2,12,13). The maximum absolute atomic E-state index is 5.69. The number of allylic oxidation sites excluding steroid dienone is 1. The Morgan fingerprint density at radius 3 is 3.00 bits per heavy atom. The molecule has 2 atom stereocenters. The Morgan fingerprint density at radius 1 is 1.64 bits per heavy atom. The van der Waals surface area contributed by atoms with Crippen molar-refractivity contribution in [1.82, 2.24) is 0 Å². The van der Waals surface area contributed by atoms with E-state index >= 15 is 0 Å². The van der Waals surface area contributed by atoms with Crippen LogP contribution in [-0.4, -0.2) is 11.6 Å². The fraction of sp³-hybridized carbons (Fsp3) is 0.727. The quantitative estimate of drug-likeness (QED) is 0.694. The number of rotatable bonds is 1. The van der Waals surface area contributed by atoms with E-state index in [9.17, 15) is 0 Å². The van der Waals surface area contributed by atoms with Crippen LogP contribution >= 0.6 is 0 Å². The van der Waals surface area contributed by atoms with Crippen molar-refractivity contribution < 1.29 is 4.74 Å². The molecule has 3 heteroatoms. The van der Waals surface area contributed by atoms with Crippen molar-refractivity contribution in [1.29, 1.82) is 0 Å². The molecule has 0 radical (unpaired) electrons. The molecule has 0 spiro atoms. The predicted octanol–water partition coefficient (Wildman–Crippen LogP) is 2.04. The van der Waals surface area contributed by atoms with Crippen LogP contribution in [0.15, 0.2) is 16.8 Å². The van der Waals surface area contributed by atoms with Crippen LogP contribution in [0.5, 0.6) is 0 Å². The molecule has 0 aromatic rings. The predicted molar refractivity (Wildman–Crippen MR) is 56.8 cm³/mol. The number of aliphatic imine (C=N–C) groups is 1. The zero-order valence-corrected chi connectivity index (χ0v) is 9.08. The van der Waals surface area contributed by atoms with Gasteiger partial charge in [0, 0.05) is 5.92 Å². The maximum Gasteiger partial charge on any atom is 0.287 e. The zero-order chi connectivity index (χ0) is 10.3. The van der Waals surface area contributed by atoms with E-state index in [4.69, 9.17) is 10.5 Å². The van der Waals surface area contributed by atoms with Gasteiger partial charge in [-0.25, -0.2) is 4.99 Å². The molecule has 0 aromatic heterocycles. The molecule has 2 aliphatic rings. The van der Waals surface area contributed by atoms with Crippen LogP contribution in [-0.2, 0) is 4.74 Å². The third kappa shape index (κ3) is 1.22. The highest BCUT2D eigenvalue weighted by Crippen LogP contribution is 2.44. The third-order valence-corrected chi connectivity index (χ3v) is 3.59. The summed E-state index contributed by atoms with van der Waals surface area (Å²) in [6.45, 7) is 6.56. The van der Waals surface area contributed by atoms with Crippen molar-refractivity contribution in [2.45, 2.75) is 39.2 Å². The lowest BCUT2D eigenvalue weighted by Gasteiger charge is -2.39.